The number of ketones is 1. The Bertz CT molecular complexity index is 1100. The number of carbonyl (C=O) groups is 1. The van der Waals surface area contributed by atoms with Crippen LogP contribution >= 0.6 is 0 Å². The lowest BCUT2D eigenvalue weighted by Crippen LogP contribution is -2.35. The quantitative estimate of drug-likeness (QED) is 0.617. The summed E-state index contributed by atoms with van der Waals surface area (Å²) < 4.78 is 19.0. The Morgan fingerprint density at radius 2 is 2.17 bits per heavy atom. The van der Waals surface area contributed by atoms with Gasteiger partial charge in [0, 0.05) is 29.9 Å². The van der Waals surface area contributed by atoms with Gasteiger partial charge in [0.15, 0.2) is 5.78 Å². The molecule has 3 aromatic rings. The van der Waals surface area contributed by atoms with Gasteiger partial charge in [-0.2, -0.15) is 10.2 Å². The summed E-state index contributed by atoms with van der Waals surface area (Å²) >= 11 is 0. The summed E-state index contributed by atoms with van der Waals surface area (Å²) in [6, 6.07) is 13.3. The monoisotopic (exact) mass is 390 g/mol. The number of rotatable bonds is 4. The number of benzene rings is 2. The fourth-order valence-electron chi connectivity index (χ4n) is 3.70. The van der Waals surface area contributed by atoms with E-state index in [0.717, 1.165) is 25.1 Å². The second kappa shape index (κ2) is 7.84. The summed E-state index contributed by atoms with van der Waals surface area (Å²) in [5, 5.41) is 13.2. The van der Waals surface area contributed by atoms with Gasteiger partial charge in [0.1, 0.15) is 5.82 Å². The lowest BCUT2D eigenvalue weighted by Gasteiger charge is -2.34. The van der Waals surface area contributed by atoms with Gasteiger partial charge in [-0.3, -0.25) is 4.79 Å². The van der Waals surface area contributed by atoms with E-state index in [9.17, 15) is 14.4 Å². The van der Waals surface area contributed by atoms with Crippen molar-refractivity contribution >= 4 is 11.5 Å². The predicted molar refractivity (Wildman–Crippen MR) is 105 cm³/mol. The van der Waals surface area contributed by atoms with Gasteiger partial charge in [0.2, 0.25) is 11.7 Å². The van der Waals surface area contributed by atoms with E-state index < -0.39 is 0 Å². The average molecular weight is 390 g/mol. The van der Waals surface area contributed by atoms with E-state index in [1.165, 1.54) is 19.1 Å². The standard InChI is InChI=1S/C22H19FN4O2/c1-14(28)19-8-7-15(12-24)10-20(19)27-9-3-5-17(13-27)22-25-21(26-29-22)16-4-2-6-18(23)11-16/h2,4,6-8,10-11,17H,3,5,9,13H2,1H3. The number of nitriles is 1. The van der Waals surface area contributed by atoms with Crippen LogP contribution in [-0.4, -0.2) is 29.0 Å². The number of piperidine rings is 1. The molecule has 29 heavy (non-hydrogen) atoms. The summed E-state index contributed by atoms with van der Waals surface area (Å²) in [6.07, 6.45) is 1.76. The van der Waals surface area contributed by atoms with Crippen molar-refractivity contribution in [2.45, 2.75) is 25.7 Å². The minimum absolute atomic E-state index is 0.0101. The number of hydrogen-bond donors (Lipinski definition) is 0. The van der Waals surface area contributed by atoms with Crippen LogP contribution in [0, 0.1) is 17.1 Å². The van der Waals surface area contributed by atoms with Crippen molar-refractivity contribution in [3.63, 3.8) is 0 Å². The molecule has 0 amide bonds. The maximum atomic E-state index is 13.5. The van der Waals surface area contributed by atoms with Gasteiger partial charge >= 0.3 is 0 Å². The average Bonchev–Trinajstić information content (AvgIpc) is 3.24. The third-order valence-electron chi connectivity index (χ3n) is 5.14. The first-order valence-corrected chi connectivity index (χ1v) is 9.44. The van der Waals surface area contributed by atoms with Gasteiger partial charge in [0.05, 0.1) is 17.6 Å². The molecule has 0 N–H and O–H groups in total. The number of aromatic nitrogens is 2. The van der Waals surface area contributed by atoms with Gasteiger partial charge in [-0.25, -0.2) is 4.39 Å². The second-order valence-electron chi connectivity index (χ2n) is 7.15. The van der Waals surface area contributed by atoms with Crippen molar-refractivity contribution in [1.82, 2.24) is 10.1 Å². The van der Waals surface area contributed by atoms with Crippen molar-refractivity contribution in [3.05, 3.63) is 65.3 Å². The zero-order valence-corrected chi connectivity index (χ0v) is 15.9. The summed E-state index contributed by atoms with van der Waals surface area (Å²) in [7, 11) is 0. The molecule has 2 aromatic carbocycles. The first-order chi connectivity index (χ1) is 14.0. The molecule has 7 heteroatoms. The highest BCUT2D eigenvalue weighted by atomic mass is 19.1. The van der Waals surface area contributed by atoms with Gasteiger partial charge in [0.25, 0.3) is 0 Å². The van der Waals surface area contributed by atoms with Crippen LogP contribution in [0.2, 0.25) is 0 Å². The van der Waals surface area contributed by atoms with Crippen molar-refractivity contribution in [3.8, 4) is 17.5 Å². The molecule has 0 aliphatic carbocycles. The molecule has 1 aliphatic rings. The van der Waals surface area contributed by atoms with Crippen LogP contribution in [0.4, 0.5) is 10.1 Å². The molecule has 1 unspecified atom stereocenters. The van der Waals surface area contributed by atoms with Crippen LogP contribution in [0.25, 0.3) is 11.4 Å². The molecule has 0 saturated carbocycles. The Hall–Kier alpha value is -3.53. The van der Waals surface area contributed by atoms with Gasteiger partial charge in [-0.15, -0.1) is 0 Å². The Morgan fingerprint density at radius 3 is 2.93 bits per heavy atom. The lowest BCUT2D eigenvalue weighted by molar-refractivity contribution is 0.101. The van der Waals surface area contributed by atoms with Gasteiger partial charge in [-0.1, -0.05) is 17.3 Å². The van der Waals surface area contributed by atoms with E-state index in [0.29, 0.717) is 35.0 Å². The molecular weight excluding hydrogens is 371 g/mol. The highest BCUT2D eigenvalue weighted by Gasteiger charge is 2.28. The third-order valence-corrected chi connectivity index (χ3v) is 5.14. The normalized spacial score (nSPS) is 16.4. The largest absolute Gasteiger partial charge is 0.370 e. The second-order valence-corrected chi connectivity index (χ2v) is 7.15. The fourth-order valence-corrected chi connectivity index (χ4v) is 3.70. The Morgan fingerprint density at radius 1 is 1.31 bits per heavy atom. The molecule has 1 saturated heterocycles. The SMILES string of the molecule is CC(=O)c1ccc(C#N)cc1N1CCCC(c2nc(-c3cccc(F)c3)no2)C1. The molecular formula is C22H19FN4O2. The number of nitrogens with zero attached hydrogens (tertiary/aromatic N) is 4. The molecule has 146 valence electrons. The number of hydrogen-bond acceptors (Lipinski definition) is 6. The van der Waals surface area contributed by atoms with E-state index in [1.807, 2.05) is 0 Å². The number of Topliss-reactive ketones (excluding diaryl/α,β-unsaturated/α-hetero) is 1. The summed E-state index contributed by atoms with van der Waals surface area (Å²) in [4.78, 5) is 18.6. The molecule has 6 nitrogen and oxygen atoms in total. The Kier molecular flexibility index (Phi) is 5.09. The lowest BCUT2D eigenvalue weighted by atomic mass is 9.95. The molecule has 0 spiro atoms. The van der Waals surface area contributed by atoms with Crippen molar-refractivity contribution in [2.75, 3.05) is 18.0 Å². The van der Waals surface area contributed by atoms with Crippen molar-refractivity contribution in [2.24, 2.45) is 0 Å². The van der Waals surface area contributed by atoms with E-state index in [2.05, 4.69) is 21.1 Å². The Labute approximate surface area is 167 Å². The number of carbonyl (C=O) groups excluding carboxylic acids is 1. The van der Waals surface area contributed by atoms with Crippen molar-refractivity contribution in [1.29, 1.82) is 5.26 Å². The van der Waals surface area contributed by atoms with Crippen LogP contribution in [0.3, 0.4) is 0 Å². The molecule has 0 radical (unpaired) electrons. The third kappa shape index (κ3) is 3.87. The number of anilines is 1. The van der Waals surface area contributed by atoms with E-state index in [-0.39, 0.29) is 17.5 Å². The predicted octanol–water partition coefficient (Wildman–Crippen LogP) is 4.33. The van der Waals surface area contributed by atoms with Crippen LogP contribution < -0.4 is 4.90 Å². The minimum Gasteiger partial charge on any atom is -0.370 e. The maximum Gasteiger partial charge on any atom is 0.231 e. The summed E-state index contributed by atoms with van der Waals surface area (Å²) in [5.41, 5.74) is 2.42. The molecule has 4 rings (SSSR count). The highest BCUT2D eigenvalue weighted by Crippen LogP contribution is 2.32. The maximum absolute atomic E-state index is 13.5. The zero-order valence-electron chi connectivity index (χ0n) is 15.9. The highest BCUT2D eigenvalue weighted by molar-refractivity contribution is 6.00. The first-order valence-electron chi connectivity index (χ1n) is 9.44. The van der Waals surface area contributed by atoms with Crippen molar-refractivity contribution < 1.29 is 13.7 Å². The summed E-state index contributed by atoms with van der Waals surface area (Å²) in [5.74, 6) is 0.441. The first kappa shape index (κ1) is 18.8. The van der Waals surface area contributed by atoms with Gasteiger partial charge in [-0.05, 0) is 50.1 Å². The zero-order chi connectivity index (χ0) is 20.4. The topological polar surface area (TPSA) is 83.0 Å². The van der Waals surface area contributed by atoms with Crippen LogP contribution in [0.15, 0.2) is 47.0 Å². The smallest absolute Gasteiger partial charge is 0.231 e. The van der Waals surface area contributed by atoms with Crippen LogP contribution in [0.1, 0.15) is 47.5 Å². The Balaban J connectivity index is 1.60. The van der Waals surface area contributed by atoms with Crippen LogP contribution in [-0.2, 0) is 0 Å². The molecule has 0 bridgehead atoms. The van der Waals surface area contributed by atoms with E-state index in [1.54, 1.807) is 30.3 Å². The van der Waals surface area contributed by atoms with E-state index >= 15 is 0 Å². The molecule has 1 aliphatic heterocycles. The van der Waals surface area contributed by atoms with Gasteiger partial charge < -0.3 is 9.42 Å². The molecule has 1 aromatic heterocycles. The fraction of sp³-hybridized carbons (Fsp3) is 0.273. The molecule has 1 atom stereocenters. The van der Waals surface area contributed by atoms with Crippen LogP contribution in [0.5, 0.6) is 0 Å². The van der Waals surface area contributed by atoms with E-state index in [4.69, 9.17) is 4.52 Å². The molecule has 2 heterocycles. The molecule has 1 fully saturated rings. The summed E-state index contributed by atoms with van der Waals surface area (Å²) in [6.45, 7) is 2.89. The minimum atomic E-state index is -0.355. The number of halogens is 1.